The van der Waals surface area contributed by atoms with Crippen LogP contribution in [0.15, 0.2) is 24.5 Å². The molecule has 0 bridgehead atoms. The molecule has 24 heavy (non-hydrogen) atoms. The van der Waals surface area contributed by atoms with Gasteiger partial charge in [-0.2, -0.15) is 0 Å². The maximum absolute atomic E-state index is 6.47. The van der Waals surface area contributed by atoms with Crippen molar-refractivity contribution < 1.29 is 9.47 Å². The van der Waals surface area contributed by atoms with Crippen LogP contribution in [0.3, 0.4) is 0 Å². The second kappa shape index (κ2) is 7.40. The van der Waals surface area contributed by atoms with Gasteiger partial charge in [0.2, 0.25) is 0 Å². The van der Waals surface area contributed by atoms with Crippen LogP contribution >= 0.6 is 11.6 Å². The van der Waals surface area contributed by atoms with E-state index >= 15 is 0 Å². The van der Waals surface area contributed by atoms with Gasteiger partial charge in [-0.3, -0.25) is 0 Å². The fraction of sp³-hybridized carbons (Fsp3) is 0.500. The van der Waals surface area contributed by atoms with Gasteiger partial charge in [-0.05, 0) is 24.1 Å². The second-order valence-corrected chi connectivity index (χ2v) is 13.4. The summed E-state index contributed by atoms with van der Waals surface area (Å²) in [6.45, 7) is 9.80. The highest BCUT2D eigenvalue weighted by Gasteiger charge is 2.18. The molecular weight excluding hydrogens is 340 g/mol. The molecule has 1 aliphatic heterocycles. The molecule has 6 heteroatoms. The van der Waals surface area contributed by atoms with E-state index in [1.807, 2.05) is 6.07 Å². The Morgan fingerprint density at radius 3 is 2.92 bits per heavy atom. The van der Waals surface area contributed by atoms with Gasteiger partial charge in [0, 0.05) is 38.0 Å². The van der Waals surface area contributed by atoms with Crippen molar-refractivity contribution in [3.05, 3.63) is 35.1 Å². The summed E-state index contributed by atoms with van der Waals surface area (Å²) in [6, 6.07) is 3.01. The molecule has 0 unspecified atom stereocenters. The Morgan fingerprint density at radius 2 is 2.21 bits per heavy atom. The van der Waals surface area contributed by atoms with Crippen molar-refractivity contribution in [3.8, 4) is 0 Å². The normalized spacial score (nSPS) is 15.8. The van der Waals surface area contributed by atoms with Gasteiger partial charge in [-0.15, -0.1) is 0 Å². The van der Waals surface area contributed by atoms with Crippen LogP contribution in [0.2, 0.25) is 30.7 Å². The van der Waals surface area contributed by atoms with Gasteiger partial charge in [0.25, 0.3) is 0 Å². The first kappa shape index (κ1) is 17.7. The first-order valence-corrected chi connectivity index (χ1v) is 12.5. The molecule has 0 amide bonds. The summed E-state index contributed by atoms with van der Waals surface area (Å²) >= 11 is 6.47. The summed E-state index contributed by atoms with van der Waals surface area (Å²) in [5.74, 6) is 0. The highest BCUT2D eigenvalue weighted by Crippen LogP contribution is 2.34. The maximum Gasteiger partial charge on any atom is 0.143 e. The highest BCUT2D eigenvalue weighted by atomic mass is 35.5. The maximum atomic E-state index is 6.47. The van der Waals surface area contributed by atoms with E-state index in [4.69, 9.17) is 21.1 Å². The van der Waals surface area contributed by atoms with Crippen molar-refractivity contribution in [2.24, 2.45) is 0 Å². The number of ether oxygens (including phenoxy) is 2. The molecule has 1 aliphatic rings. The van der Waals surface area contributed by atoms with Crippen LogP contribution in [0.1, 0.15) is 12.0 Å². The number of hydrogen-bond donors (Lipinski definition) is 0. The monoisotopic (exact) mass is 364 g/mol. The topological polar surface area (TPSA) is 36.3 Å². The van der Waals surface area contributed by atoms with Gasteiger partial charge >= 0.3 is 0 Å². The van der Waals surface area contributed by atoms with E-state index in [0.717, 1.165) is 47.3 Å². The number of halogens is 1. The Morgan fingerprint density at radius 1 is 1.38 bits per heavy atom. The third-order valence-corrected chi connectivity index (χ3v) is 6.26. The predicted octanol–water partition coefficient (Wildman–Crippen LogP) is 4.81. The molecule has 130 valence electrons. The Bertz CT molecular complexity index is 749. The van der Waals surface area contributed by atoms with E-state index in [0.29, 0.717) is 13.3 Å². The van der Waals surface area contributed by atoms with E-state index in [1.54, 1.807) is 6.20 Å². The Kier molecular flexibility index (Phi) is 5.45. The largest absolute Gasteiger partial charge is 0.377 e. The van der Waals surface area contributed by atoms with Crippen molar-refractivity contribution in [1.82, 2.24) is 9.55 Å². The number of hydrogen-bond acceptors (Lipinski definition) is 3. The molecule has 0 aliphatic carbocycles. The van der Waals surface area contributed by atoms with Gasteiger partial charge in [0.15, 0.2) is 0 Å². The van der Waals surface area contributed by atoms with Crippen molar-refractivity contribution in [1.29, 1.82) is 0 Å². The summed E-state index contributed by atoms with van der Waals surface area (Å²) < 4.78 is 13.4. The molecule has 0 saturated carbocycles. The number of rotatable bonds is 6. The molecule has 0 spiro atoms. The van der Waals surface area contributed by atoms with Crippen LogP contribution in [0.4, 0.5) is 0 Å². The van der Waals surface area contributed by atoms with E-state index < -0.39 is 8.07 Å². The summed E-state index contributed by atoms with van der Waals surface area (Å²) in [5, 5.41) is 1.75. The third-order valence-electron chi connectivity index (χ3n) is 4.24. The predicted molar refractivity (Wildman–Crippen MR) is 102 cm³/mol. The lowest BCUT2D eigenvalue weighted by atomic mass is 10.0. The zero-order valence-electron chi connectivity index (χ0n) is 14.6. The molecule has 4 nitrogen and oxygen atoms in total. The molecule has 0 saturated heterocycles. The van der Waals surface area contributed by atoms with Crippen LogP contribution in [0.5, 0.6) is 0 Å². The van der Waals surface area contributed by atoms with Crippen molar-refractivity contribution >= 4 is 36.3 Å². The number of pyridine rings is 1. The zero-order chi connectivity index (χ0) is 17.2. The van der Waals surface area contributed by atoms with Crippen molar-refractivity contribution in [3.63, 3.8) is 0 Å². The lowest BCUT2D eigenvalue weighted by Gasteiger charge is -2.15. The van der Waals surface area contributed by atoms with E-state index in [2.05, 4.69) is 41.5 Å². The quantitative estimate of drug-likeness (QED) is 0.545. The Balaban J connectivity index is 1.86. The second-order valence-electron chi connectivity index (χ2n) is 7.41. The fourth-order valence-electron chi connectivity index (χ4n) is 2.83. The summed E-state index contributed by atoms with van der Waals surface area (Å²) in [6.07, 6.45) is 6.92. The van der Waals surface area contributed by atoms with E-state index in [1.165, 1.54) is 5.57 Å². The SMILES string of the molecule is C[Si](C)(C)CCOCn1cc(C2=CCOCC2)c2c(Cl)ccnc21. The van der Waals surface area contributed by atoms with Crippen LogP contribution in [0.25, 0.3) is 16.6 Å². The molecule has 0 N–H and O–H groups in total. The smallest absolute Gasteiger partial charge is 0.143 e. The van der Waals surface area contributed by atoms with E-state index in [-0.39, 0.29) is 0 Å². The van der Waals surface area contributed by atoms with Crippen LogP contribution in [0, 0.1) is 0 Å². The van der Waals surface area contributed by atoms with Gasteiger partial charge < -0.3 is 14.0 Å². The molecule has 0 radical (unpaired) electrons. The minimum absolute atomic E-state index is 0.512. The average Bonchev–Trinajstić information content (AvgIpc) is 2.92. The van der Waals surface area contributed by atoms with Gasteiger partial charge in [-0.1, -0.05) is 37.3 Å². The first-order valence-electron chi connectivity index (χ1n) is 8.44. The van der Waals surface area contributed by atoms with Crippen LogP contribution in [-0.4, -0.2) is 37.4 Å². The summed E-state index contributed by atoms with van der Waals surface area (Å²) in [5.41, 5.74) is 3.32. The van der Waals surface area contributed by atoms with Crippen molar-refractivity contribution in [2.75, 3.05) is 19.8 Å². The number of nitrogens with zero attached hydrogens (tertiary/aromatic N) is 2. The average molecular weight is 365 g/mol. The van der Waals surface area contributed by atoms with Crippen molar-refractivity contribution in [2.45, 2.75) is 38.8 Å². The van der Waals surface area contributed by atoms with Crippen LogP contribution < -0.4 is 0 Å². The molecule has 0 aromatic carbocycles. The Hall–Kier alpha value is -1.14. The summed E-state index contributed by atoms with van der Waals surface area (Å²) in [7, 11) is -1.07. The first-order chi connectivity index (χ1) is 11.5. The minimum Gasteiger partial charge on any atom is -0.377 e. The molecule has 0 atom stereocenters. The molecular formula is C18H25ClN2O2Si. The number of fused-ring (bicyclic) bond motifs is 1. The van der Waals surface area contributed by atoms with Crippen LogP contribution in [-0.2, 0) is 16.2 Å². The van der Waals surface area contributed by atoms with Gasteiger partial charge in [0.05, 0.1) is 18.2 Å². The lowest BCUT2D eigenvalue weighted by molar-refractivity contribution is 0.0898. The molecule has 3 heterocycles. The minimum atomic E-state index is -1.07. The third kappa shape index (κ3) is 4.09. The molecule has 2 aromatic heterocycles. The van der Waals surface area contributed by atoms with Gasteiger partial charge in [0.1, 0.15) is 12.4 Å². The molecule has 0 fully saturated rings. The lowest BCUT2D eigenvalue weighted by Crippen LogP contribution is -2.22. The zero-order valence-corrected chi connectivity index (χ0v) is 16.4. The highest BCUT2D eigenvalue weighted by molar-refractivity contribution is 6.76. The standard InChI is InChI=1S/C18H25ClN2O2Si/c1-24(2,3)11-10-23-13-21-12-15(14-5-8-22-9-6-14)17-16(19)4-7-20-18(17)21/h4-5,7,12H,6,8-11,13H2,1-3H3. The van der Waals surface area contributed by atoms with E-state index in [9.17, 15) is 0 Å². The number of aromatic nitrogens is 2. The summed E-state index contributed by atoms with van der Waals surface area (Å²) in [4.78, 5) is 4.53. The molecule has 3 rings (SSSR count). The van der Waals surface area contributed by atoms with Gasteiger partial charge in [-0.25, -0.2) is 4.98 Å². The fourth-order valence-corrected chi connectivity index (χ4v) is 3.83. The Labute approximate surface area is 149 Å². The molecule has 2 aromatic rings.